The molecule has 3 heterocycles. The molecule has 4 rings (SSSR count). The third-order valence-corrected chi connectivity index (χ3v) is 6.75. The monoisotopic (exact) mass is 461 g/mol. The van der Waals surface area contributed by atoms with Crippen LogP contribution in [0.1, 0.15) is 43.4 Å². The minimum absolute atomic E-state index is 0.0338. The molecule has 178 valence electrons. The lowest BCUT2D eigenvalue weighted by atomic mass is 9.92. The summed E-state index contributed by atoms with van der Waals surface area (Å²) in [6.45, 7) is 5.16. The van der Waals surface area contributed by atoms with E-state index in [9.17, 15) is 9.59 Å². The van der Waals surface area contributed by atoms with Crippen LogP contribution in [0.25, 0.3) is 0 Å². The molecule has 0 radical (unpaired) electrons. The van der Waals surface area contributed by atoms with E-state index in [1.54, 1.807) is 25.4 Å². The number of aromatic nitrogens is 1. The van der Waals surface area contributed by atoms with Crippen molar-refractivity contribution in [2.75, 3.05) is 44.7 Å². The van der Waals surface area contributed by atoms with Crippen LogP contribution in [0.3, 0.4) is 0 Å². The predicted molar refractivity (Wildman–Crippen MR) is 128 cm³/mol. The van der Waals surface area contributed by atoms with Gasteiger partial charge in [0.25, 0.3) is 0 Å². The number of carbonyl (C=O) groups excluding carboxylic acids is 2. The van der Waals surface area contributed by atoms with Gasteiger partial charge in [0, 0.05) is 45.3 Å². The molecule has 2 aliphatic heterocycles. The maximum absolute atomic E-state index is 13.7. The second-order valence-corrected chi connectivity index (χ2v) is 8.80. The molecule has 34 heavy (non-hydrogen) atoms. The number of anilines is 1. The molecule has 0 saturated carbocycles. The Bertz CT molecular complexity index is 1060. The highest BCUT2D eigenvalue weighted by Gasteiger charge is 2.45. The van der Waals surface area contributed by atoms with Gasteiger partial charge in [-0.25, -0.2) is 4.98 Å². The van der Waals surface area contributed by atoms with Crippen LogP contribution in [0.5, 0.6) is 5.75 Å². The molecule has 8 nitrogen and oxygen atoms in total. The largest absolute Gasteiger partial charge is 0.497 e. The number of hydrogen-bond acceptors (Lipinski definition) is 6. The highest BCUT2D eigenvalue weighted by molar-refractivity contribution is 5.90. The Kier molecular flexibility index (Phi) is 7.31. The standard InChI is InChI=1S/C26H31N5O3/c1-3-4-11-31-24(32)17-22(25(31)20-5-7-21(34-2)8-6-20)26(33)30-14-12-29(13-15-30)23-16-19(18-27)9-10-28-23/h5-10,16,22,25H,3-4,11-15,17H2,1-2H3/t22-,25-/m1/s1. The van der Waals surface area contributed by atoms with Crippen molar-refractivity contribution >= 4 is 17.6 Å². The molecule has 0 bridgehead atoms. The summed E-state index contributed by atoms with van der Waals surface area (Å²) in [6.07, 6.45) is 3.78. The van der Waals surface area contributed by atoms with Crippen molar-refractivity contribution in [3.63, 3.8) is 0 Å². The van der Waals surface area contributed by atoms with Gasteiger partial charge >= 0.3 is 0 Å². The summed E-state index contributed by atoms with van der Waals surface area (Å²) < 4.78 is 5.29. The fraction of sp³-hybridized carbons (Fsp3) is 0.462. The number of nitrogens with zero attached hydrogens (tertiary/aromatic N) is 5. The van der Waals surface area contributed by atoms with Crippen LogP contribution in [0.2, 0.25) is 0 Å². The van der Waals surface area contributed by atoms with E-state index >= 15 is 0 Å². The minimum Gasteiger partial charge on any atom is -0.497 e. The molecule has 2 saturated heterocycles. The smallest absolute Gasteiger partial charge is 0.228 e. The van der Waals surface area contributed by atoms with Crippen LogP contribution in [0, 0.1) is 17.2 Å². The third-order valence-electron chi connectivity index (χ3n) is 6.75. The zero-order valence-electron chi connectivity index (χ0n) is 19.8. The molecule has 2 atom stereocenters. The fourth-order valence-electron chi connectivity index (χ4n) is 4.87. The summed E-state index contributed by atoms with van der Waals surface area (Å²) >= 11 is 0. The second kappa shape index (κ2) is 10.6. The van der Waals surface area contributed by atoms with Crippen LogP contribution < -0.4 is 9.64 Å². The summed E-state index contributed by atoms with van der Waals surface area (Å²) in [5, 5.41) is 9.15. The zero-order chi connectivity index (χ0) is 24.1. The van der Waals surface area contributed by atoms with Gasteiger partial charge < -0.3 is 19.4 Å². The van der Waals surface area contributed by atoms with E-state index < -0.39 is 5.92 Å². The summed E-state index contributed by atoms with van der Waals surface area (Å²) in [5.41, 5.74) is 1.54. The number of rotatable bonds is 7. The molecule has 2 amide bonds. The molecule has 0 spiro atoms. The van der Waals surface area contributed by atoms with Crippen LogP contribution >= 0.6 is 0 Å². The van der Waals surface area contributed by atoms with Crippen molar-refractivity contribution < 1.29 is 14.3 Å². The lowest BCUT2D eigenvalue weighted by molar-refractivity contribution is -0.136. The number of benzene rings is 1. The van der Waals surface area contributed by atoms with Gasteiger partial charge in [-0.15, -0.1) is 0 Å². The summed E-state index contributed by atoms with van der Waals surface area (Å²) in [7, 11) is 1.62. The molecular formula is C26H31N5O3. The van der Waals surface area contributed by atoms with E-state index in [0.29, 0.717) is 38.3 Å². The van der Waals surface area contributed by atoms with Crippen LogP contribution in [0.15, 0.2) is 42.6 Å². The van der Waals surface area contributed by atoms with E-state index in [-0.39, 0.29) is 24.3 Å². The molecule has 2 aliphatic rings. The van der Waals surface area contributed by atoms with Gasteiger partial charge in [0.05, 0.1) is 30.7 Å². The van der Waals surface area contributed by atoms with E-state index in [1.165, 1.54) is 0 Å². The number of methoxy groups -OCH3 is 1. The number of nitriles is 1. The fourth-order valence-corrected chi connectivity index (χ4v) is 4.87. The maximum Gasteiger partial charge on any atom is 0.228 e. The Morgan fingerprint density at radius 3 is 2.56 bits per heavy atom. The van der Waals surface area contributed by atoms with Gasteiger partial charge in [-0.2, -0.15) is 5.26 Å². The Labute approximate surface area is 200 Å². The Morgan fingerprint density at radius 1 is 1.18 bits per heavy atom. The van der Waals surface area contributed by atoms with Gasteiger partial charge in [0.1, 0.15) is 11.6 Å². The quantitative estimate of drug-likeness (QED) is 0.630. The molecule has 2 fully saturated rings. The zero-order valence-corrected chi connectivity index (χ0v) is 19.8. The molecule has 0 aliphatic carbocycles. The predicted octanol–water partition coefficient (Wildman–Crippen LogP) is 3.00. The first-order valence-electron chi connectivity index (χ1n) is 11.9. The Hall–Kier alpha value is -3.60. The SMILES string of the molecule is CCCCN1C(=O)C[C@@H](C(=O)N2CCN(c3cc(C#N)ccn3)CC2)[C@H]1c1ccc(OC)cc1. The Balaban J connectivity index is 1.50. The van der Waals surface area contributed by atoms with Gasteiger partial charge in [-0.05, 0) is 36.2 Å². The summed E-state index contributed by atoms with van der Waals surface area (Å²) in [6, 6.07) is 13.1. The number of likely N-dealkylation sites (tertiary alicyclic amines) is 1. The van der Waals surface area contributed by atoms with Crippen LogP contribution in [-0.4, -0.2) is 66.4 Å². The molecule has 1 aromatic heterocycles. The topological polar surface area (TPSA) is 89.8 Å². The van der Waals surface area contributed by atoms with E-state index in [0.717, 1.165) is 30.0 Å². The maximum atomic E-state index is 13.7. The first kappa shape index (κ1) is 23.6. The normalized spacial score (nSPS) is 20.4. The van der Waals surface area contributed by atoms with Gasteiger partial charge in [-0.1, -0.05) is 25.5 Å². The minimum atomic E-state index is -0.399. The highest BCUT2D eigenvalue weighted by Crippen LogP contribution is 2.40. The van der Waals surface area contributed by atoms with Crippen molar-refractivity contribution in [2.24, 2.45) is 5.92 Å². The van der Waals surface area contributed by atoms with E-state index in [1.807, 2.05) is 34.1 Å². The lowest BCUT2D eigenvalue weighted by Crippen LogP contribution is -2.51. The van der Waals surface area contributed by atoms with E-state index in [4.69, 9.17) is 10.00 Å². The number of carbonyl (C=O) groups is 2. The van der Waals surface area contributed by atoms with Gasteiger partial charge in [0.2, 0.25) is 11.8 Å². The summed E-state index contributed by atoms with van der Waals surface area (Å²) in [5.74, 6) is 1.19. The van der Waals surface area contributed by atoms with Crippen molar-refractivity contribution in [3.05, 3.63) is 53.7 Å². The molecule has 0 unspecified atom stereocenters. The number of hydrogen-bond donors (Lipinski definition) is 0. The number of piperazine rings is 1. The highest BCUT2D eigenvalue weighted by atomic mass is 16.5. The average Bonchev–Trinajstić information content (AvgIpc) is 3.22. The first-order valence-corrected chi connectivity index (χ1v) is 11.9. The van der Waals surface area contributed by atoms with E-state index in [2.05, 4.69) is 22.9 Å². The number of pyridine rings is 1. The molecule has 1 aromatic carbocycles. The molecule has 0 N–H and O–H groups in total. The van der Waals surface area contributed by atoms with Gasteiger partial charge in [0.15, 0.2) is 0 Å². The molecular weight excluding hydrogens is 430 g/mol. The molecule has 8 heteroatoms. The van der Waals surface area contributed by atoms with Crippen LogP contribution in [0.4, 0.5) is 5.82 Å². The van der Waals surface area contributed by atoms with Crippen molar-refractivity contribution in [3.8, 4) is 11.8 Å². The Morgan fingerprint density at radius 2 is 1.91 bits per heavy atom. The van der Waals surface area contributed by atoms with Crippen LogP contribution in [-0.2, 0) is 9.59 Å². The third kappa shape index (κ3) is 4.84. The van der Waals surface area contributed by atoms with Crippen molar-refractivity contribution in [1.29, 1.82) is 5.26 Å². The number of ether oxygens (including phenoxy) is 1. The number of unbranched alkanes of at least 4 members (excludes halogenated alkanes) is 1. The average molecular weight is 462 g/mol. The molecule has 2 aromatic rings. The number of amides is 2. The lowest BCUT2D eigenvalue weighted by Gasteiger charge is -2.38. The van der Waals surface area contributed by atoms with Gasteiger partial charge in [-0.3, -0.25) is 9.59 Å². The van der Waals surface area contributed by atoms with Crippen molar-refractivity contribution in [1.82, 2.24) is 14.8 Å². The first-order chi connectivity index (χ1) is 16.5. The van der Waals surface area contributed by atoms with Crippen molar-refractivity contribution in [2.45, 2.75) is 32.2 Å². The second-order valence-electron chi connectivity index (χ2n) is 8.80. The summed E-state index contributed by atoms with van der Waals surface area (Å²) in [4.78, 5) is 36.9.